The molecule has 3 heteroatoms. The topological polar surface area (TPSA) is 35.5 Å². The van der Waals surface area contributed by atoms with Gasteiger partial charge in [0.2, 0.25) is 0 Å². The lowest BCUT2D eigenvalue weighted by molar-refractivity contribution is -0.155. The van der Waals surface area contributed by atoms with Gasteiger partial charge in [-0.05, 0) is 12.8 Å². The monoisotopic (exact) mass is 160 g/mol. The maximum atomic E-state index is 10.9. The van der Waals surface area contributed by atoms with Gasteiger partial charge in [-0.3, -0.25) is 0 Å². The fourth-order valence-electron chi connectivity index (χ4n) is 0.462. The van der Waals surface area contributed by atoms with Gasteiger partial charge in [0, 0.05) is 7.11 Å². The quantitative estimate of drug-likeness (QED) is 0.580. The number of hydrogen-bond acceptors (Lipinski definition) is 3. The van der Waals surface area contributed by atoms with Crippen molar-refractivity contribution in [3.8, 4) is 0 Å². The fourth-order valence-corrected chi connectivity index (χ4v) is 0.462. The van der Waals surface area contributed by atoms with Crippen molar-refractivity contribution in [1.29, 1.82) is 0 Å². The standard InChI is InChI=1S/C8H16O3/c1-6(2)5-11-8(9)7(3)10-4/h6-7H,5H2,1-4H3. The molecule has 0 amide bonds. The van der Waals surface area contributed by atoms with Gasteiger partial charge in [-0.2, -0.15) is 0 Å². The molecular formula is C8H16O3. The van der Waals surface area contributed by atoms with Gasteiger partial charge in [-0.1, -0.05) is 13.8 Å². The molecule has 0 aliphatic rings. The van der Waals surface area contributed by atoms with Crippen molar-refractivity contribution in [2.75, 3.05) is 13.7 Å². The first-order valence-electron chi connectivity index (χ1n) is 3.77. The lowest BCUT2D eigenvalue weighted by Crippen LogP contribution is -2.23. The van der Waals surface area contributed by atoms with Crippen LogP contribution in [0.5, 0.6) is 0 Å². The number of rotatable bonds is 4. The van der Waals surface area contributed by atoms with Gasteiger partial charge in [-0.15, -0.1) is 0 Å². The van der Waals surface area contributed by atoms with Gasteiger partial charge in [0.15, 0.2) is 6.10 Å². The third-order valence-corrected chi connectivity index (χ3v) is 1.24. The molecule has 0 saturated heterocycles. The van der Waals surface area contributed by atoms with Crippen molar-refractivity contribution >= 4 is 5.97 Å². The molecule has 0 saturated carbocycles. The molecule has 0 heterocycles. The molecule has 0 spiro atoms. The second-order valence-electron chi connectivity index (χ2n) is 2.90. The van der Waals surface area contributed by atoms with Gasteiger partial charge in [0.1, 0.15) is 0 Å². The molecule has 1 atom stereocenters. The van der Waals surface area contributed by atoms with Gasteiger partial charge in [-0.25, -0.2) is 4.79 Å². The Morgan fingerprint density at radius 2 is 1.91 bits per heavy atom. The largest absolute Gasteiger partial charge is 0.464 e. The van der Waals surface area contributed by atoms with Crippen LogP contribution in [-0.2, 0) is 14.3 Å². The predicted octanol–water partition coefficient (Wildman–Crippen LogP) is 1.22. The van der Waals surface area contributed by atoms with E-state index in [9.17, 15) is 4.79 Å². The molecule has 0 aliphatic carbocycles. The molecule has 0 fully saturated rings. The van der Waals surface area contributed by atoms with E-state index in [1.807, 2.05) is 13.8 Å². The van der Waals surface area contributed by atoms with E-state index in [-0.39, 0.29) is 5.97 Å². The Kier molecular flexibility index (Phi) is 4.86. The smallest absolute Gasteiger partial charge is 0.334 e. The molecule has 0 bridgehead atoms. The summed E-state index contributed by atoms with van der Waals surface area (Å²) in [7, 11) is 1.49. The Morgan fingerprint density at radius 3 is 2.27 bits per heavy atom. The SMILES string of the molecule is COC(C)C(=O)OCC(C)C. The van der Waals surface area contributed by atoms with Crippen LogP contribution in [-0.4, -0.2) is 25.8 Å². The molecule has 0 radical (unpaired) electrons. The molecule has 66 valence electrons. The van der Waals surface area contributed by atoms with Gasteiger partial charge < -0.3 is 9.47 Å². The molecule has 3 nitrogen and oxygen atoms in total. The maximum absolute atomic E-state index is 10.9. The number of hydrogen-bond donors (Lipinski definition) is 0. The van der Waals surface area contributed by atoms with E-state index in [0.717, 1.165) is 0 Å². The summed E-state index contributed by atoms with van der Waals surface area (Å²) in [6.07, 6.45) is -0.450. The summed E-state index contributed by atoms with van der Waals surface area (Å²) in [5, 5.41) is 0. The molecule has 0 aromatic carbocycles. The summed E-state index contributed by atoms with van der Waals surface area (Å²) < 4.78 is 9.66. The van der Waals surface area contributed by atoms with Gasteiger partial charge in [0.25, 0.3) is 0 Å². The van der Waals surface area contributed by atoms with Crippen LogP contribution in [0.3, 0.4) is 0 Å². The van der Waals surface area contributed by atoms with Crippen molar-refractivity contribution in [2.45, 2.75) is 26.9 Å². The van der Waals surface area contributed by atoms with Crippen LogP contribution >= 0.6 is 0 Å². The van der Waals surface area contributed by atoms with Crippen LogP contribution in [0.2, 0.25) is 0 Å². The molecule has 0 aromatic rings. The first kappa shape index (κ1) is 10.4. The van der Waals surface area contributed by atoms with Crippen LogP contribution in [0, 0.1) is 5.92 Å². The third-order valence-electron chi connectivity index (χ3n) is 1.24. The van der Waals surface area contributed by atoms with Gasteiger partial charge >= 0.3 is 5.97 Å². The number of ether oxygens (including phenoxy) is 2. The minimum absolute atomic E-state index is 0.291. The summed E-state index contributed by atoms with van der Waals surface area (Å²) in [6.45, 7) is 6.12. The lowest BCUT2D eigenvalue weighted by atomic mass is 10.2. The molecule has 0 aromatic heterocycles. The average Bonchev–Trinajstić information content (AvgIpc) is 1.98. The Hall–Kier alpha value is -0.570. The maximum Gasteiger partial charge on any atom is 0.334 e. The molecule has 1 unspecified atom stereocenters. The predicted molar refractivity (Wildman–Crippen MR) is 42.3 cm³/mol. The van der Waals surface area contributed by atoms with Crippen molar-refractivity contribution in [1.82, 2.24) is 0 Å². The van der Waals surface area contributed by atoms with Gasteiger partial charge in [0.05, 0.1) is 6.61 Å². The van der Waals surface area contributed by atoms with E-state index in [1.54, 1.807) is 6.92 Å². The summed E-state index contributed by atoms with van der Waals surface area (Å²) in [4.78, 5) is 10.9. The minimum Gasteiger partial charge on any atom is -0.464 e. The fraction of sp³-hybridized carbons (Fsp3) is 0.875. The Labute approximate surface area is 67.7 Å². The van der Waals surface area contributed by atoms with E-state index in [2.05, 4.69) is 0 Å². The third kappa shape index (κ3) is 4.79. The molecule has 0 aliphatic heterocycles. The van der Waals surface area contributed by atoms with Crippen molar-refractivity contribution in [3.05, 3.63) is 0 Å². The zero-order valence-electron chi connectivity index (χ0n) is 7.59. The number of carbonyl (C=O) groups is 1. The number of esters is 1. The summed E-state index contributed by atoms with van der Waals surface area (Å²) in [6, 6.07) is 0. The second kappa shape index (κ2) is 5.13. The summed E-state index contributed by atoms with van der Waals surface area (Å²) >= 11 is 0. The van der Waals surface area contributed by atoms with E-state index >= 15 is 0 Å². The second-order valence-corrected chi connectivity index (χ2v) is 2.90. The zero-order valence-corrected chi connectivity index (χ0v) is 7.59. The Bertz CT molecular complexity index is 121. The van der Waals surface area contributed by atoms with E-state index in [1.165, 1.54) is 7.11 Å². The normalized spacial score (nSPS) is 13.2. The lowest BCUT2D eigenvalue weighted by Gasteiger charge is -2.10. The van der Waals surface area contributed by atoms with Crippen molar-refractivity contribution < 1.29 is 14.3 Å². The highest BCUT2D eigenvalue weighted by Crippen LogP contribution is 1.97. The highest BCUT2D eigenvalue weighted by molar-refractivity contribution is 5.74. The minimum atomic E-state index is -0.450. The Morgan fingerprint density at radius 1 is 1.36 bits per heavy atom. The van der Waals surface area contributed by atoms with Crippen LogP contribution in [0.25, 0.3) is 0 Å². The van der Waals surface area contributed by atoms with Crippen molar-refractivity contribution in [2.24, 2.45) is 5.92 Å². The average molecular weight is 160 g/mol. The van der Waals surface area contributed by atoms with E-state index in [4.69, 9.17) is 9.47 Å². The zero-order chi connectivity index (χ0) is 8.85. The number of methoxy groups -OCH3 is 1. The molecule has 11 heavy (non-hydrogen) atoms. The molecular weight excluding hydrogens is 144 g/mol. The highest BCUT2D eigenvalue weighted by atomic mass is 16.6. The van der Waals surface area contributed by atoms with Crippen molar-refractivity contribution in [3.63, 3.8) is 0 Å². The van der Waals surface area contributed by atoms with Crippen LogP contribution in [0.15, 0.2) is 0 Å². The highest BCUT2D eigenvalue weighted by Gasteiger charge is 2.12. The van der Waals surface area contributed by atoms with Crippen LogP contribution in [0.1, 0.15) is 20.8 Å². The number of carbonyl (C=O) groups excluding carboxylic acids is 1. The molecule has 0 rings (SSSR count). The van der Waals surface area contributed by atoms with E-state index in [0.29, 0.717) is 12.5 Å². The van der Waals surface area contributed by atoms with Crippen LogP contribution < -0.4 is 0 Å². The molecule has 0 N–H and O–H groups in total. The van der Waals surface area contributed by atoms with E-state index < -0.39 is 6.10 Å². The first-order chi connectivity index (χ1) is 5.07. The summed E-state index contributed by atoms with van der Waals surface area (Å²) in [5.41, 5.74) is 0. The summed E-state index contributed by atoms with van der Waals surface area (Å²) in [5.74, 6) is 0.0872. The van der Waals surface area contributed by atoms with Crippen LogP contribution in [0.4, 0.5) is 0 Å². The Balaban J connectivity index is 3.52. The first-order valence-corrected chi connectivity index (χ1v) is 3.77.